The van der Waals surface area contributed by atoms with E-state index in [-0.39, 0.29) is 5.91 Å². The van der Waals surface area contributed by atoms with Crippen molar-refractivity contribution >= 4 is 11.6 Å². The normalized spacial score (nSPS) is 15.0. The minimum absolute atomic E-state index is 0.0346. The van der Waals surface area contributed by atoms with Crippen LogP contribution in [-0.4, -0.2) is 39.8 Å². The first-order valence-electron chi connectivity index (χ1n) is 8.51. The van der Waals surface area contributed by atoms with E-state index in [4.69, 9.17) is 14.2 Å². The number of anilines is 1. The fourth-order valence-electron chi connectivity index (χ4n) is 3.07. The van der Waals surface area contributed by atoms with E-state index in [0.717, 1.165) is 0 Å². The molecule has 0 aliphatic heterocycles. The maximum absolute atomic E-state index is 12.1. The van der Waals surface area contributed by atoms with Gasteiger partial charge in [0.2, 0.25) is 11.7 Å². The molecule has 134 valence electrons. The Morgan fingerprint density at radius 2 is 1.67 bits per heavy atom. The highest BCUT2D eigenvalue weighted by Gasteiger charge is 2.15. The highest BCUT2D eigenvalue weighted by Crippen LogP contribution is 2.39. The molecule has 0 spiro atoms. The van der Waals surface area contributed by atoms with Crippen LogP contribution in [-0.2, 0) is 4.79 Å². The SMILES string of the molecule is COc1cc(NC(=O)CCNC2CCCCC2)cc(OC)c1OC. The summed E-state index contributed by atoms with van der Waals surface area (Å²) < 4.78 is 15.9. The summed E-state index contributed by atoms with van der Waals surface area (Å²) in [5.41, 5.74) is 0.632. The number of carbonyl (C=O) groups is 1. The van der Waals surface area contributed by atoms with Crippen LogP contribution >= 0.6 is 0 Å². The van der Waals surface area contributed by atoms with Gasteiger partial charge < -0.3 is 24.8 Å². The molecule has 0 atom stereocenters. The number of nitrogens with one attached hydrogen (secondary N) is 2. The van der Waals surface area contributed by atoms with Crippen LogP contribution in [0.3, 0.4) is 0 Å². The molecular weight excluding hydrogens is 308 g/mol. The van der Waals surface area contributed by atoms with Crippen LogP contribution in [0.25, 0.3) is 0 Å². The van der Waals surface area contributed by atoms with Crippen molar-refractivity contribution < 1.29 is 19.0 Å². The average Bonchev–Trinajstić information content (AvgIpc) is 2.61. The number of methoxy groups -OCH3 is 3. The Morgan fingerprint density at radius 3 is 2.21 bits per heavy atom. The molecule has 1 aliphatic carbocycles. The van der Waals surface area contributed by atoms with Crippen LogP contribution in [0.4, 0.5) is 5.69 Å². The summed E-state index contributed by atoms with van der Waals surface area (Å²) >= 11 is 0. The summed E-state index contributed by atoms with van der Waals surface area (Å²) in [6, 6.07) is 4.02. The number of benzene rings is 1. The Kier molecular flexibility index (Phi) is 7.18. The number of carbonyl (C=O) groups excluding carboxylic acids is 1. The molecule has 1 saturated carbocycles. The molecule has 2 N–H and O–H groups in total. The highest BCUT2D eigenvalue weighted by molar-refractivity contribution is 5.91. The van der Waals surface area contributed by atoms with Crippen molar-refractivity contribution in [1.29, 1.82) is 0 Å². The third-order valence-corrected chi connectivity index (χ3v) is 4.34. The quantitative estimate of drug-likeness (QED) is 0.764. The molecule has 0 saturated heterocycles. The average molecular weight is 336 g/mol. The van der Waals surface area contributed by atoms with Gasteiger partial charge in [0.1, 0.15) is 0 Å². The van der Waals surface area contributed by atoms with Gasteiger partial charge in [0, 0.05) is 36.8 Å². The topological polar surface area (TPSA) is 68.8 Å². The third kappa shape index (κ3) is 5.03. The van der Waals surface area contributed by atoms with E-state index in [2.05, 4.69) is 10.6 Å². The summed E-state index contributed by atoms with van der Waals surface area (Å²) in [4.78, 5) is 12.1. The molecule has 0 aromatic heterocycles. The van der Waals surface area contributed by atoms with Crippen LogP contribution in [0.1, 0.15) is 38.5 Å². The molecule has 0 radical (unpaired) electrons. The summed E-state index contributed by atoms with van der Waals surface area (Å²) in [5.74, 6) is 1.52. The second kappa shape index (κ2) is 9.37. The molecule has 6 heteroatoms. The minimum atomic E-state index is -0.0346. The van der Waals surface area contributed by atoms with Crippen molar-refractivity contribution in [1.82, 2.24) is 5.32 Å². The molecule has 1 fully saturated rings. The second-order valence-corrected chi connectivity index (χ2v) is 6.00. The number of hydrogen-bond acceptors (Lipinski definition) is 5. The highest BCUT2D eigenvalue weighted by atomic mass is 16.5. The van der Waals surface area contributed by atoms with Gasteiger partial charge in [-0.1, -0.05) is 19.3 Å². The van der Waals surface area contributed by atoms with Gasteiger partial charge in [0.25, 0.3) is 0 Å². The van der Waals surface area contributed by atoms with E-state index in [9.17, 15) is 4.79 Å². The second-order valence-electron chi connectivity index (χ2n) is 6.00. The summed E-state index contributed by atoms with van der Waals surface area (Å²) in [6.45, 7) is 0.695. The summed E-state index contributed by atoms with van der Waals surface area (Å²) in [7, 11) is 4.66. The summed E-state index contributed by atoms with van der Waals surface area (Å²) in [6.07, 6.45) is 6.78. The van der Waals surface area contributed by atoms with Crippen LogP contribution < -0.4 is 24.8 Å². The zero-order valence-corrected chi connectivity index (χ0v) is 14.8. The Labute approximate surface area is 143 Å². The Hall–Kier alpha value is -1.95. The van der Waals surface area contributed by atoms with E-state index >= 15 is 0 Å². The van der Waals surface area contributed by atoms with Gasteiger partial charge in [-0.15, -0.1) is 0 Å². The van der Waals surface area contributed by atoms with Gasteiger partial charge in [-0.25, -0.2) is 0 Å². The smallest absolute Gasteiger partial charge is 0.225 e. The monoisotopic (exact) mass is 336 g/mol. The first-order chi connectivity index (χ1) is 11.7. The predicted octanol–water partition coefficient (Wildman–Crippen LogP) is 2.96. The van der Waals surface area contributed by atoms with E-state index in [0.29, 0.717) is 41.9 Å². The zero-order chi connectivity index (χ0) is 17.4. The Morgan fingerprint density at radius 1 is 1.04 bits per heavy atom. The molecule has 1 aromatic carbocycles. The van der Waals surface area contributed by atoms with Crippen molar-refractivity contribution in [2.24, 2.45) is 0 Å². The number of ether oxygens (including phenoxy) is 3. The Balaban J connectivity index is 1.88. The molecule has 0 bridgehead atoms. The van der Waals surface area contributed by atoms with Gasteiger partial charge in [-0.05, 0) is 12.8 Å². The van der Waals surface area contributed by atoms with E-state index < -0.39 is 0 Å². The van der Waals surface area contributed by atoms with E-state index in [1.165, 1.54) is 32.1 Å². The van der Waals surface area contributed by atoms with Crippen molar-refractivity contribution in [3.05, 3.63) is 12.1 Å². The Bertz CT molecular complexity index is 517. The molecule has 6 nitrogen and oxygen atoms in total. The van der Waals surface area contributed by atoms with Crippen LogP contribution in [0.2, 0.25) is 0 Å². The van der Waals surface area contributed by atoms with Crippen molar-refractivity contribution in [2.75, 3.05) is 33.2 Å². The molecule has 24 heavy (non-hydrogen) atoms. The molecule has 1 aliphatic rings. The number of hydrogen-bond donors (Lipinski definition) is 2. The van der Waals surface area contributed by atoms with Gasteiger partial charge in [-0.3, -0.25) is 4.79 Å². The molecule has 0 heterocycles. The maximum Gasteiger partial charge on any atom is 0.225 e. The third-order valence-electron chi connectivity index (χ3n) is 4.34. The van der Waals surface area contributed by atoms with Crippen molar-refractivity contribution in [3.63, 3.8) is 0 Å². The maximum atomic E-state index is 12.1. The molecule has 1 aromatic rings. The molecule has 1 amide bonds. The predicted molar refractivity (Wildman–Crippen MR) is 94.2 cm³/mol. The number of amides is 1. The molecule has 2 rings (SSSR count). The van der Waals surface area contributed by atoms with Crippen molar-refractivity contribution in [3.8, 4) is 17.2 Å². The first kappa shape index (κ1) is 18.4. The van der Waals surface area contributed by atoms with Gasteiger partial charge in [0.05, 0.1) is 21.3 Å². The largest absolute Gasteiger partial charge is 0.493 e. The van der Waals surface area contributed by atoms with Gasteiger partial charge >= 0.3 is 0 Å². The minimum Gasteiger partial charge on any atom is -0.493 e. The first-order valence-corrected chi connectivity index (χ1v) is 8.51. The lowest BCUT2D eigenvalue weighted by atomic mass is 9.95. The van der Waals surface area contributed by atoms with Crippen LogP contribution in [0.5, 0.6) is 17.2 Å². The fraction of sp³-hybridized carbons (Fsp3) is 0.611. The lowest BCUT2D eigenvalue weighted by Crippen LogP contribution is -2.33. The van der Waals surface area contributed by atoms with E-state index in [1.807, 2.05) is 0 Å². The molecule has 0 unspecified atom stereocenters. The van der Waals surface area contributed by atoms with Gasteiger partial charge in [0.15, 0.2) is 11.5 Å². The lowest BCUT2D eigenvalue weighted by Gasteiger charge is -2.22. The zero-order valence-electron chi connectivity index (χ0n) is 14.8. The fourth-order valence-corrected chi connectivity index (χ4v) is 3.07. The van der Waals surface area contributed by atoms with Crippen molar-refractivity contribution in [2.45, 2.75) is 44.6 Å². The summed E-state index contributed by atoms with van der Waals surface area (Å²) in [5, 5.41) is 6.36. The van der Waals surface area contributed by atoms with Gasteiger partial charge in [-0.2, -0.15) is 0 Å². The lowest BCUT2D eigenvalue weighted by molar-refractivity contribution is -0.116. The standard InChI is InChI=1S/C18H28N2O4/c1-22-15-11-14(12-16(23-2)18(15)24-3)20-17(21)9-10-19-13-7-5-4-6-8-13/h11-13,19H,4-10H2,1-3H3,(H,20,21). The van der Waals surface area contributed by atoms with Crippen LogP contribution in [0, 0.1) is 0 Å². The van der Waals surface area contributed by atoms with E-state index in [1.54, 1.807) is 33.5 Å². The van der Waals surface area contributed by atoms with Crippen LogP contribution in [0.15, 0.2) is 12.1 Å². The number of rotatable bonds is 8. The molecular formula is C18H28N2O4.